The zero-order valence-electron chi connectivity index (χ0n) is 34.6. The van der Waals surface area contributed by atoms with Crippen LogP contribution in [0.25, 0.3) is 82.8 Å². The van der Waals surface area contributed by atoms with Gasteiger partial charge in [-0.25, -0.2) is 0 Å². The Labute approximate surface area is 369 Å². The molecule has 9 aromatic carbocycles. The lowest BCUT2D eigenvalue weighted by molar-refractivity contribution is 0.669. The van der Waals surface area contributed by atoms with Crippen molar-refractivity contribution in [3.63, 3.8) is 0 Å². The molecule has 0 fully saturated rings. The molecule has 0 saturated heterocycles. The predicted molar refractivity (Wildman–Crippen MR) is 262 cm³/mol. The van der Waals surface area contributed by atoms with Crippen molar-refractivity contribution < 1.29 is 4.42 Å². The van der Waals surface area contributed by atoms with E-state index in [1.165, 1.54) is 55.5 Å². The number of benzene rings is 9. The number of anilines is 3. The maximum absolute atomic E-state index is 6.40. The van der Waals surface area contributed by atoms with Crippen molar-refractivity contribution in [1.29, 1.82) is 0 Å². The largest absolute Gasteiger partial charge is 0.456 e. The number of pyridine rings is 1. The van der Waals surface area contributed by atoms with Crippen LogP contribution in [-0.4, -0.2) is 9.55 Å². The van der Waals surface area contributed by atoms with Crippen LogP contribution in [0.5, 0.6) is 0 Å². The van der Waals surface area contributed by atoms with Crippen molar-refractivity contribution in [2.45, 2.75) is 5.41 Å². The van der Waals surface area contributed by atoms with Gasteiger partial charge in [-0.05, 0) is 117 Å². The van der Waals surface area contributed by atoms with Gasteiger partial charge in [-0.15, -0.1) is 0 Å². The lowest BCUT2D eigenvalue weighted by atomic mass is 9.70. The summed E-state index contributed by atoms with van der Waals surface area (Å²) in [5, 5.41) is 4.51. The normalized spacial score (nSPS) is 13.1. The van der Waals surface area contributed by atoms with E-state index in [1.54, 1.807) is 0 Å². The SMILES string of the molecule is c1ccc(-n2c3ccncc3c3c(-c4ccc(N(c5ccc6oc7ccccc7c6c5)c5cccc6c5C5(c7ccccc7-c7ccccc75)c5ccccc5-6)cc4)cccc32)cc1. The Morgan fingerprint density at radius 1 is 0.438 bits per heavy atom. The summed E-state index contributed by atoms with van der Waals surface area (Å²) in [6.45, 7) is 0. The molecule has 0 amide bonds. The van der Waals surface area contributed by atoms with Gasteiger partial charge < -0.3 is 13.9 Å². The first-order valence-corrected chi connectivity index (χ1v) is 21.9. The second-order valence-corrected chi connectivity index (χ2v) is 17.0. The number of aromatic nitrogens is 2. The molecule has 14 rings (SSSR count). The molecule has 0 N–H and O–H groups in total. The summed E-state index contributed by atoms with van der Waals surface area (Å²) in [7, 11) is 0. The van der Waals surface area contributed by atoms with Gasteiger partial charge in [0.15, 0.2) is 0 Å². The van der Waals surface area contributed by atoms with E-state index < -0.39 is 5.41 Å². The van der Waals surface area contributed by atoms with E-state index in [9.17, 15) is 0 Å². The Morgan fingerprint density at radius 3 is 1.81 bits per heavy atom. The summed E-state index contributed by atoms with van der Waals surface area (Å²) in [4.78, 5) is 7.10. The van der Waals surface area contributed by atoms with Crippen LogP contribution < -0.4 is 4.90 Å². The smallest absolute Gasteiger partial charge is 0.135 e. The molecule has 4 heteroatoms. The Morgan fingerprint density at radius 2 is 1.05 bits per heavy atom. The fraction of sp³-hybridized carbons (Fsp3) is 0.0167. The van der Waals surface area contributed by atoms with Crippen LogP contribution in [0.1, 0.15) is 22.3 Å². The van der Waals surface area contributed by atoms with Crippen LogP contribution in [0.15, 0.2) is 229 Å². The molecule has 0 radical (unpaired) electrons. The molecule has 3 aromatic heterocycles. The minimum absolute atomic E-state index is 0.531. The highest BCUT2D eigenvalue weighted by Crippen LogP contribution is 2.65. The first-order valence-electron chi connectivity index (χ1n) is 21.9. The van der Waals surface area contributed by atoms with Crippen molar-refractivity contribution in [1.82, 2.24) is 9.55 Å². The summed E-state index contributed by atoms with van der Waals surface area (Å²) in [6.07, 6.45) is 3.90. The van der Waals surface area contributed by atoms with Crippen LogP contribution in [0.4, 0.5) is 17.1 Å². The van der Waals surface area contributed by atoms with E-state index in [1.807, 2.05) is 18.5 Å². The zero-order valence-corrected chi connectivity index (χ0v) is 34.6. The molecular formula is C60H37N3O. The van der Waals surface area contributed by atoms with Gasteiger partial charge in [0.1, 0.15) is 11.2 Å². The summed E-state index contributed by atoms with van der Waals surface area (Å²) in [5.74, 6) is 0. The standard InChI is InChI=1S/C60H37N3O/c1-2-14-39(15-3-1)63-53-34-35-61-37-49(53)58-42(20-12-25-54(58)63)38-28-30-40(31-29-38)62(41-32-33-57-48(36-41)46-19-7-11-27-56(46)64-57)55-26-13-21-47-45-18-6-10-24-52(45)60(59(47)55)50-22-8-4-16-43(50)44-17-5-9-23-51(44)60/h1-37H. The van der Waals surface area contributed by atoms with Crippen molar-refractivity contribution in [2.24, 2.45) is 0 Å². The molecule has 0 bridgehead atoms. The maximum atomic E-state index is 6.40. The summed E-state index contributed by atoms with van der Waals surface area (Å²) >= 11 is 0. The van der Waals surface area contributed by atoms with E-state index in [4.69, 9.17) is 4.42 Å². The second-order valence-electron chi connectivity index (χ2n) is 17.0. The first kappa shape index (κ1) is 35.2. The molecule has 298 valence electrons. The number of fused-ring (bicyclic) bond motifs is 16. The summed E-state index contributed by atoms with van der Waals surface area (Å²) < 4.78 is 8.76. The minimum Gasteiger partial charge on any atom is -0.456 e. The lowest BCUT2D eigenvalue weighted by Crippen LogP contribution is -2.28. The first-order chi connectivity index (χ1) is 31.8. The highest BCUT2D eigenvalue weighted by Gasteiger charge is 2.53. The number of hydrogen-bond acceptors (Lipinski definition) is 3. The van der Waals surface area contributed by atoms with E-state index >= 15 is 0 Å². The Balaban J connectivity index is 1.02. The zero-order chi connectivity index (χ0) is 41.9. The van der Waals surface area contributed by atoms with Gasteiger partial charge in [-0.3, -0.25) is 4.98 Å². The second kappa shape index (κ2) is 13.3. The molecule has 0 atom stereocenters. The lowest BCUT2D eigenvalue weighted by Gasteiger charge is -2.35. The molecule has 12 aromatic rings. The van der Waals surface area contributed by atoms with Crippen LogP contribution in [-0.2, 0) is 5.41 Å². The third-order valence-corrected chi connectivity index (χ3v) is 13.9. The molecule has 2 aliphatic rings. The third-order valence-electron chi connectivity index (χ3n) is 13.9. The number of hydrogen-bond donors (Lipinski definition) is 0. The monoisotopic (exact) mass is 815 g/mol. The topological polar surface area (TPSA) is 34.2 Å². The average Bonchev–Trinajstić information content (AvgIpc) is 4.09. The molecule has 4 nitrogen and oxygen atoms in total. The number of para-hydroxylation sites is 2. The fourth-order valence-electron chi connectivity index (χ4n) is 11.4. The molecule has 0 aliphatic heterocycles. The molecular weight excluding hydrogens is 779 g/mol. The van der Waals surface area contributed by atoms with Gasteiger partial charge in [0, 0.05) is 56.6 Å². The van der Waals surface area contributed by atoms with E-state index in [0.29, 0.717) is 0 Å². The van der Waals surface area contributed by atoms with Crippen LogP contribution in [0.2, 0.25) is 0 Å². The molecule has 3 heterocycles. The van der Waals surface area contributed by atoms with Crippen molar-refractivity contribution in [3.05, 3.63) is 247 Å². The van der Waals surface area contributed by atoms with Crippen LogP contribution >= 0.6 is 0 Å². The Kier molecular flexibility index (Phi) is 7.29. The third kappa shape index (κ3) is 4.69. The minimum atomic E-state index is -0.531. The molecule has 0 unspecified atom stereocenters. The summed E-state index contributed by atoms with van der Waals surface area (Å²) in [6, 6.07) is 77.6. The van der Waals surface area contributed by atoms with Gasteiger partial charge in [0.2, 0.25) is 0 Å². The number of rotatable bonds is 5. The average molecular weight is 816 g/mol. The van der Waals surface area contributed by atoms with E-state index in [-0.39, 0.29) is 0 Å². The molecule has 2 aliphatic carbocycles. The quantitative estimate of drug-likeness (QED) is 0.174. The molecule has 1 spiro atoms. The van der Waals surface area contributed by atoms with Gasteiger partial charge in [0.05, 0.1) is 22.1 Å². The summed E-state index contributed by atoms with van der Waals surface area (Å²) in [5.41, 5.74) is 20.6. The molecule has 0 saturated carbocycles. The number of nitrogens with zero attached hydrogens (tertiary/aromatic N) is 3. The van der Waals surface area contributed by atoms with Crippen molar-refractivity contribution in [2.75, 3.05) is 4.90 Å². The van der Waals surface area contributed by atoms with Gasteiger partial charge in [-0.2, -0.15) is 0 Å². The highest BCUT2D eigenvalue weighted by molar-refractivity contribution is 6.15. The Bertz CT molecular complexity index is 3790. The van der Waals surface area contributed by atoms with E-state index in [0.717, 1.165) is 66.7 Å². The van der Waals surface area contributed by atoms with Crippen LogP contribution in [0.3, 0.4) is 0 Å². The molecule has 64 heavy (non-hydrogen) atoms. The maximum Gasteiger partial charge on any atom is 0.135 e. The van der Waals surface area contributed by atoms with Gasteiger partial charge in [0.25, 0.3) is 0 Å². The number of furan rings is 1. The van der Waals surface area contributed by atoms with Gasteiger partial charge in [-0.1, -0.05) is 146 Å². The van der Waals surface area contributed by atoms with Crippen LogP contribution in [0, 0.1) is 0 Å². The predicted octanol–water partition coefficient (Wildman–Crippen LogP) is 15.6. The van der Waals surface area contributed by atoms with Crippen molar-refractivity contribution in [3.8, 4) is 39.1 Å². The Hall–Kier alpha value is -8.47. The fourth-order valence-corrected chi connectivity index (χ4v) is 11.4. The van der Waals surface area contributed by atoms with Crippen molar-refractivity contribution >= 4 is 60.8 Å². The van der Waals surface area contributed by atoms with E-state index in [2.05, 4.69) is 221 Å². The van der Waals surface area contributed by atoms with Gasteiger partial charge >= 0.3 is 0 Å². The highest BCUT2D eigenvalue weighted by atomic mass is 16.3.